The van der Waals surface area contributed by atoms with Gasteiger partial charge in [-0.15, -0.1) is 0 Å². The molecule has 0 spiro atoms. The van der Waals surface area contributed by atoms with Crippen molar-refractivity contribution in [3.05, 3.63) is 35.6 Å². The SMILES string of the molecule is COC(CNC(=O)N(C)Cc1ccc(F)cc1)CC(=O)O. The van der Waals surface area contributed by atoms with E-state index in [1.54, 1.807) is 19.2 Å². The van der Waals surface area contributed by atoms with Crippen molar-refractivity contribution in [1.29, 1.82) is 0 Å². The van der Waals surface area contributed by atoms with E-state index in [1.165, 1.54) is 24.1 Å². The number of aliphatic carboxylic acids is 1. The van der Waals surface area contributed by atoms with Crippen LogP contribution in [0.3, 0.4) is 0 Å². The van der Waals surface area contributed by atoms with Crippen LogP contribution in [-0.2, 0) is 16.1 Å². The van der Waals surface area contributed by atoms with Gasteiger partial charge in [0.1, 0.15) is 5.82 Å². The maximum absolute atomic E-state index is 12.8. The number of carbonyl (C=O) groups excluding carboxylic acids is 1. The molecule has 1 aromatic carbocycles. The van der Waals surface area contributed by atoms with Crippen LogP contribution in [0.5, 0.6) is 0 Å². The molecule has 2 N–H and O–H groups in total. The van der Waals surface area contributed by atoms with Crippen molar-refractivity contribution < 1.29 is 23.8 Å². The Morgan fingerprint density at radius 1 is 1.38 bits per heavy atom. The zero-order valence-corrected chi connectivity index (χ0v) is 12.0. The van der Waals surface area contributed by atoms with E-state index in [1.807, 2.05) is 0 Å². The van der Waals surface area contributed by atoms with Gasteiger partial charge < -0.3 is 20.1 Å². The summed E-state index contributed by atoms with van der Waals surface area (Å²) in [5.41, 5.74) is 0.794. The van der Waals surface area contributed by atoms with E-state index in [-0.39, 0.29) is 24.8 Å². The predicted molar refractivity (Wildman–Crippen MR) is 74.3 cm³/mol. The Balaban J connectivity index is 2.43. The summed E-state index contributed by atoms with van der Waals surface area (Å²) in [6.07, 6.45) is -0.760. The van der Waals surface area contributed by atoms with Crippen LogP contribution in [0.4, 0.5) is 9.18 Å². The Labute approximate surface area is 122 Å². The van der Waals surface area contributed by atoms with E-state index in [2.05, 4.69) is 5.32 Å². The summed E-state index contributed by atoms with van der Waals surface area (Å²) >= 11 is 0. The third kappa shape index (κ3) is 6.22. The number of carboxylic acids is 1. The number of hydrogen-bond donors (Lipinski definition) is 2. The standard InChI is InChI=1S/C14H19FN2O4/c1-17(9-10-3-5-11(15)6-4-10)14(20)16-8-12(21-2)7-13(18)19/h3-6,12H,7-9H2,1-2H3,(H,16,20)(H,18,19). The van der Waals surface area contributed by atoms with Gasteiger partial charge in [0.05, 0.1) is 12.5 Å². The Morgan fingerprint density at radius 3 is 2.52 bits per heavy atom. The molecule has 0 heterocycles. The smallest absolute Gasteiger partial charge is 0.317 e. The first kappa shape index (κ1) is 16.9. The number of methoxy groups -OCH3 is 1. The minimum absolute atomic E-state index is 0.107. The zero-order chi connectivity index (χ0) is 15.8. The first-order valence-electron chi connectivity index (χ1n) is 6.40. The van der Waals surface area contributed by atoms with E-state index in [4.69, 9.17) is 9.84 Å². The van der Waals surface area contributed by atoms with Gasteiger partial charge in [-0.25, -0.2) is 9.18 Å². The second kappa shape index (κ2) is 8.21. The molecule has 0 bridgehead atoms. The second-order valence-corrected chi connectivity index (χ2v) is 4.62. The average molecular weight is 298 g/mol. The van der Waals surface area contributed by atoms with Gasteiger partial charge in [-0.1, -0.05) is 12.1 Å². The molecule has 0 radical (unpaired) electrons. The molecule has 0 fully saturated rings. The van der Waals surface area contributed by atoms with Gasteiger partial charge >= 0.3 is 12.0 Å². The largest absolute Gasteiger partial charge is 0.481 e. The lowest BCUT2D eigenvalue weighted by Gasteiger charge is -2.20. The normalized spacial score (nSPS) is 11.8. The van der Waals surface area contributed by atoms with Crippen LogP contribution in [0.1, 0.15) is 12.0 Å². The highest BCUT2D eigenvalue weighted by molar-refractivity contribution is 5.74. The minimum atomic E-state index is -0.990. The molecule has 0 aliphatic rings. The van der Waals surface area contributed by atoms with Gasteiger partial charge in [-0.3, -0.25) is 4.79 Å². The summed E-state index contributed by atoms with van der Waals surface area (Å²) in [5.74, 6) is -1.32. The van der Waals surface area contributed by atoms with Crippen LogP contribution >= 0.6 is 0 Å². The molecule has 0 aromatic heterocycles. The molecule has 116 valence electrons. The third-order valence-electron chi connectivity index (χ3n) is 2.90. The van der Waals surface area contributed by atoms with Crippen LogP contribution < -0.4 is 5.32 Å². The van der Waals surface area contributed by atoms with Gasteiger partial charge in [-0.2, -0.15) is 0 Å². The maximum Gasteiger partial charge on any atom is 0.317 e. The Kier molecular flexibility index (Phi) is 6.61. The third-order valence-corrected chi connectivity index (χ3v) is 2.90. The van der Waals surface area contributed by atoms with E-state index in [9.17, 15) is 14.0 Å². The summed E-state index contributed by atoms with van der Waals surface area (Å²) < 4.78 is 17.7. The highest BCUT2D eigenvalue weighted by atomic mass is 19.1. The first-order valence-corrected chi connectivity index (χ1v) is 6.40. The molecule has 1 atom stereocenters. The number of rotatable bonds is 7. The van der Waals surface area contributed by atoms with E-state index in [0.29, 0.717) is 6.54 Å². The van der Waals surface area contributed by atoms with Crippen molar-refractivity contribution >= 4 is 12.0 Å². The van der Waals surface area contributed by atoms with Crippen LogP contribution in [0, 0.1) is 5.82 Å². The Hall–Kier alpha value is -2.15. The van der Waals surface area contributed by atoms with Crippen LogP contribution in [0.15, 0.2) is 24.3 Å². The van der Waals surface area contributed by atoms with Gasteiger partial charge in [0.15, 0.2) is 0 Å². The lowest BCUT2D eigenvalue weighted by molar-refractivity contribution is -0.139. The summed E-state index contributed by atoms with van der Waals surface area (Å²) in [6, 6.07) is 5.50. The predicted octanol–water partition coefficient (Wildman–Crippen LogP) is 1.46. The number of urea groups is 1. The monoisotopic (exact) mass is 298 g/mol. The molecule has 0 aliphatic heterocycles. The molecule has 1 aromatic rings. The summed E-state index contributed by atoms with van der Waals surface area (Å²) in [5, 5.41) is 11.3. The number of carboxylic acid groups (broad SMARTS) is 1. The fourth-order valence-electron chi connectivity index (χ4n) is 1.71. The number of amides is 2. The quantitative estimate of drug-likeness (QED) is 0.798. The number of nitrogens with zero attached hydrogens (tertiary/aromatic N) is 1. The molecule has 0 aliphatic carbocycles. The summed E-state index contributed by atoms with van der Waals surface area (Å²) in [6.45, 7) is 0.429. The molecular formula is C14H19FN2O4. The van der Waals surface area contributed by atoms with E-state index in [0.717, 1.165) is 5.56 Å². The number of carbonyl (C=O) groups is 2. The lowest BCUT2D eigenvalue weighted by atomic mass is 10.2. The molecular weight excluding hydrogens is 279 g/mol. The highest BCUT2D eigenvalue weighted by Gasteiger charge is 2.15. The number of nitrogens with one attached hydrogen (secondary N) is 1. The van der Waals surface area contributed by atoms with E-state index < -0.39 is 12.1 Å². The molecule has 1 rings (SSSR count). The van der Waals surface area contributed by atoms with Crippen molar-refractivity contribution in [2.75, 3.05) is 20.7 Å². The lowest BCUT2D eigenvalue weighted by Crippen LogP contribution is -2.41. The topological polar surface area (TPSA) is 78.9 Å². The van der Waals surface area contributed by atoms with Gasteiger partial charge in [0.25, 0.3) is 0 Å². The average Bonchev–Trinajstić information content (AvgIpc) is 2.45. The van der Waals surface area contributed by atoms with Crippen molar-refractivity contribution in [2.45, 2.75) is 19.1 Å². The maximum atomic E-state index is 12.8. The number of ether oxygens (including phenoxy) is 1. The van der Waals surface area contributed by atoms with Crippen molar-refractivity contribution in [2.24, 2.45) is 0 Å². The molecule has 0 saturated heterocycles. The van der Waals surface area contributed by atoms with Crippen LogP contribution in [0.25, 0.3) is 0 Å². The molecule has 21 heavy (non-hydrogen) atoms. The molecule has 7 heteroatoms. The number of halogens is 1. The summed E-state index contributed by atoms with van der Waals surface area (Å²) in [4.78, 5) is 23.9. The fourth-order valence-corrected chi connectivity index (χ4v) is 1.71. The van der Waals surface area contributed by atoms with Gasteiger partial charge in [0, 0.05) is 27.2 Å². The first-order chi connectivity index (χ1) is 9.92. The zero-order valence-electron chi connectivity index (χ0n) is 12.0. The summed E-state index contributed by atoms with van der Waals surface area (Å²) in [7, 11) is 2.99. The molecule has 0 saturated carbocycles. The van der Waals surface area contributed by atoms with Crippen LogP contribution in [0.2, 0.25) is 0 Å². The molecule has 6 nitrogen and oxygen atoms in total. The molecule has 2 amide bonds. The van der Waals surface area contributed by atoms with Crippen molar-refractivity contribution in [3.63, 3.8) is 0 Å². The van der Waals surface area contributed by atoms with Crippen LogP contribution in [-0.4, -0.2) is 48.8 Å². The van der Waals surface area contributed by atoms with Crippen molar-refractivity contribution in [3.8, 4) is 0 Å². The number of benzene rings is 1. The fraction of sp³-hybridized carbons (Fsp3) is 0.429. The van der Waals surface area contributed by atoms with Gasteiger partial charge in [-0.05, 0) is 17.7 Å². The Bertz CT molecular complexity index is 478. The van der Waals surface area contributed by atoms with Crippen molar-refractivity contribution in [1.82, 2.24) is 10.2 Å². The van der Waals surface area contributed by atoms with Gasteiger partial charge in [0.2, 0.25) is 0 Å². The highest BCUT2D eigenvalue weighted by Crippen LogP contribution is 2.05. The number of hydrogen-bond acceptors (Lipinski definition) is 3. The Morgan fingerprint density at radius 2 is 2.00 bits per heavy atom. The molecule has 1 unspecified atom stereocenters. The van der Waals surface area contributed by atoms with E-state index >= 15 is 0 Å². The second-order valence-electron chi connectivity index (χ2n) is 4.62. The minimum Gasteiger partial charge on any atom is -0.481 e.